The zero-order chi connectivity index (χ0) is 15.4. The Bertz CT molecular complexity index is 828. The molecule has 2 heterocycles. The van der Waals surface area contributed by atoms with Crippen molar-refractivity contribution < 1.29 is 9.21 Å². The van der Waals surface area contributed by atoms with Crippen LogP contribution in [0, 0.1) is 0 Å². The van der Waals surface area contributed by atoms with Gasteiger partial charge in [0.15, 0.2) is 0 Å². The Hall–Kier alpha value is -2.82. The monoisotopic (exact) mass is 296 g/mol. The van der Waals surface area contributed by atoms with Crippen LogP contribution in [0.4, 0.5) is 0 Å². The zero-order valence-corrected chi connectivity index (χ0v) is 12.0. The van der Waals surface area contributed by atoms with E-state index in [1.54, 1.807) is 0 Å². The van der Waals surface area contributed by atoms with Gasteiger partial charge in [-0.05, 0) is 30.0 Å². The van der Waals surface area contributed by atoms with Crippen LogP contribution in [0.15, 0.2) is 64.1 Å². The predicted molar refractivity (Wildman–Crippen MR) is 83.9 cm³/mol. The first-order valence-corrected chi connectivity index (χ1v) is 7.15. The van der Waals surface area contributed by atoms with Crippen LogP contribution in [0.1, 0.15) is 16.8 Å². The number of aryl methyl sites for hydroxylation is 1. The molecule has 22 heavy (non-hydrogen) atoms. The molecular weight excluding hydrogens is 280 g/mol. The average Bonchev–Trinajstić information content (AvgIpc) is 2.95. The summed E-state index contributed by atoms with van der Waals surface area (Å²) in [6, 6.07) is 13.0. The Balaban J connectivity index is 1.52. The maximum atomic E-state index is 11.8. The molecule has 0 atom stereocenters. The molecule has 0 aliphatic rings. The summed E-state index contributed by atoms with van der Waals surface area (Å²) in [5, 5.41) is 4.03. The normalized spacial score (nSPS) is 10.7. The minimum atomic E-state index is -0.462. The number of nitrogens with one attached hydrogen (secondary N) is 1. The lowest BCUT2D eigenvalue weighted by molar-refractivity contribution is 0.0950. The number of rotatable bonds is 5. The summed E-state index contributed by atoms with van der Waals surface area (Å²) < 4.78 is 6.84. The van der Waals surface area contributed by atoms with Crippen LogP contribution in [0.2, 0.25) is 0 Å². The summed E-state index contributed by atoms with van der Waals surface area (Å²) >= 11 is 0. The highest BCUT2D eigenvalue weighted by atomic mass is 16.4. The molecule has 112 valence electrons. The fraction of sp³-hybridized carbons (Fsp3) is 0.176. The lowest BCUT2D eigenvalue weighted by atomic mass is 10.2. The molecule has 3 aromatic rings. The number of benzene rings is 1. The lowest BCUT2D eigenvalue weighted by Crippen LogP contribution is -2.25. The molecule has 5 nitrogen and oxygen atoms in total. The smallest absolute Gasteiger partial charge is 0.335 e. The third-order valence-electron chi connectivity index (χ3n) is 3.50. The molecule has 0 saturated heterocycles. The summed E-state index contributed by atoms with van der Waals surface area (Å²) in [5.74, 6) is -0.235. The highest BCUT2D eigenvalue weighted by molar-refractivity contribution is 5.93. The molecular formula is C17H16N2O3. The number of carbonyl (C=O) groups excluding carboxylic acids is 1. The van der Waals surface area contributed by atoms with Crippen LogP contribution < -0.4 is 10.9 Å². The van der Waals surface area contributed by atoms with Crippen molar-refractivity contribution in [3.05, 3.63) is 70.9 Å². The Morgan fingerprint density at radius 1 is 1.14 bits per heavy atom. The van der Waals surface area contributed by atoms with Crippen molar-refractivity contribution in [2.75, 3.05) is 6.54 Å². The molecule has 0 fully saturated rings. The molecule has 1 amide bonds. The SMILES string of the molecule is O=C(NCCCn1ccc2ccccc21)c1ccc(=O)oc1. The number of hydrogen-bond donors (Lipinski definition) is 1. The van der Waals surface area contributed by atoms with E-state index in [4.69, 9.17) is 0 Å². The quantitative estimate of drug-likeness (QED) is 0.735. The lowest BCUT2D eigenvalue weighted by Gasteiger charge is -2.07. The van der Waals surface area contributed by atoms with Crippen LogP contribution in [-0.4, -0.2) is 17.0 Å². The summed E-state index contributed by atoms with van der Waals surface area (Å²) in [7, 11) is 0. The van der Waals surface area contributed by atoms with E-state index in [0.29, 0.717) is 12.1 Å². The van der Waals surface area contributed by atoms with Gasteiger partial charge in [-0.3, -0.25) is 4.79 Å². The van der Waals surface area contributed by atoms with Crippen molar-refractivity contribution in [2.45, 2.75) is 13.0 Å². The third kappa shape index (κ3) is 3.09. The minimum absolute atomic E-state index is 0.235. The van der Waals surface area contributed by atoms with E-state index in [9.17, 15) is 9.59 Å². The highest BCUT2D eigenvalue weighted by Crippen LogP contribution is 2.15. The number of aromatic nitrogens is 1. The second-order valence-corrected chi connectivity index (χ2v) is 5.02. The number of fused-ring (bicyclic) bond motifs is 1. The van der Waals surface area contributed by atoms with E-state index in [0.717, 1.165) is 13.0 Å². The second-order valence-electron chi connectivity index (χ2n) is 5.02. The van der Waals surface area contributed by atoms with Gasteiger partial charge >= 0.3 is 5.63 Å². The van der Waals surface area contributed by atoms with Crippen molar-refractivity contribution in [1.82, 2.24) is 9.88 Å². The maximum absolute atomic E-state index is 11.8. The third-order valence-corrected chi connectivity index (χ3v) is 3.50. The van der Waals surface area contributed by atoms with Crippen molar-refractivity contribution in [3.8, 4) is 0 Å². The number of nitrogens with zero attached hydrogens (tertiary/aromatic N) is 1. The fourth-order valence-corrected chi connectivity index (χ4v) is 2.38. The standard InChI is InChI=1S/C17H16N2O3/c20-16-7-6-14(12-22-16)17(21)18-9-3-10-19-11-8-13-4-1-2-5-15(13)19/h1-2,4-8,11-12H,3,9-10H2,(H,18,21). The summed E-state index contributed by atoms with van der Waals surface area (Å²) in [6.07, 6.45) is 4.05. The molecule has 0 aliphatic heterocycles. The Labute approximate surface area is 127 Å². The molecule has 3 rings (SSSR count). The highest BCUT2D eigenvalue weighted by Gasteiger charge is 2.05. The van der Waals surface area contributed by atoms with Crippen LogP contribution >= 0.6 is 0 Å². The fourth-order valence-electron chi connectivity index (χ4n) is 2.38. The Kier molecular flexibility index (Phi) is 4.05. The first-order chi connectivity index (χ1) is 10.7. The van der Waals surface area contributed by atoms with Crippen molar-refractivity contribution >= 4 is 16.8 Å². The van der Waals surface area contributed by atoms with Gasteiger partial charge < -0.3 is 14.3 Å². The van der Waals surface area contributed by atoms with Gasteiger partial charge in [0, 0.05) is 30.9 Å². The van der Waals surface area contributed by atoms with E-state index in [1.165, 1.54) is 29.3 Å². The Morgan fingerprint density at radius 3 is 2.82 bits per heavy atom. The number of carbonyl (C=O) groups is 1. The molecule has 5 heteroatoms. The number of para-hydroxylation sites is 1. The first-order valence-electron chi connectivity index (χ1n) is 7.15. The van der Waals surface area contributed by atoms with Crippen LogP contribution in [0.3, 0.4) is 0 Å². The molecule has 0 aliphatic carbocycles. The van der Waals surface area contributed by atoms with Crippen molar-refractivity contribution in [3.63, 3.8) is 0 Å². The molecule has 1 aromatic carbocycles. The molecule has 0 unspecified atom stereocenters. The molecule has 0 radical (unpaired) electrons. The topological polar surface area (TPSA) is 64.2 Å². The molecule has 0 saturated carbocycles. The van der Waals surface area contributed by atoms with Gasteiger partial charge in [0.05, 0.1) is 5.56 Å². The number of hydrogen-bond acceptors (Lipinski definition) is 3. The summed E-state index contributed by atoms with van der Waals surface area (Å²) in [4.78, 5) is 22.7. The van der Waals surface area contributed by atoms with Gasteiger partial charge in [-0.1, -0.05) is 18.2 Å². The van der Waals surface area contributed by atoms with E-state index in [-0.39, 0.29) is 5.91 Å². The molecule has 0 bridgehead atoms. The summed E-state index contributed by atoms with van der Waals surface area (Å²) in [5.41, 5.74) is 1.08. The van der Waals surface area contributed by atoms with E-state index in [1.807, 2.05) is 12.1 Å². The van der Waals surface area contributed by atoms with Gasteiger partial charge in [-0.15, -0.1) is 0 Å². The van der Waals surface area contributed by atoms with Gasteiger partial charge in [0.25, 0.3) is 5.91 Å². The molecule has 0 spiro atoms. The zero-order valence-electron chi connectivity index (χ0n) is 12.0. The van der Waals surface area contributed by atoms with Gasteiger partial charge in [0.2, 0.25) is 0 Å². The average molecular weight is 296 g/mol. The summed E-state index contributed by atoms with van der Waals surface area (Å²) in [6.45, 7) is 1.39. The van der Waals surface area contributed by atoms with E-state index < -0.39 is 5.63 Å². The largest absolute Gasteiger partial charge is 0.430 e. The van der Waals surface area contributed by atoms with Crippen molar-refractivity contribution in [1.29, 1.82) is 0 Å². The van der Waals surface area contributed by atoms with Gasteiger partial charge in [0.1, 0.15) is 6.26 Å². The first kappa shape index (κ1) is 14.1. The second kappa shape index (κ2) is 6.30. The molecule has 1 N–H and O–H groups in total. The van der Waals surface area contributed by atoms with Crippen LogP contribution in [0.5, 0.6) is 0 Å². The number of amides is 1. The predicted octanol–water partition coefficient (Wildman–Crippen LogP) is 2.41. The van der Waals surface area contributed by atoms with Gasteiger partial charge in [-0.25, -0.2) is 4.79 Å². The van der Waals surface area contributed by atoms with Crippen LogP contribution in [-0.2, 0) is 6.54 Å². The van der Waals surface area contributed by atoms with Gasteiger partial charge in [-0.2, -0.15) is 0 Å². The van der Waals surface area contributed by atoms with Crippen LogP contribution in [0.25, 0.3) is 10.9 Å². The van der Waals surface area contributed by atoms with Crippen molar-refractivity contribution in [2.24, 2.45) is 0 Å². The molecule has 2 aromatic heterocycles. The van der Waals surface area contributed by atoms with E-state index in [2.05, 4.69) is 38.7 Å². The maximum Gasteiger partial charge on any atom is 0.335 e. The minimum Gasteiger partial charge on any atom is -0.430 e. The Morgan fingerprint density at radius 2 is 2.00 bits per heavy atom. The van der Waals surface area contributed by atoms with E-state index >= 15 is 0 Å².